The summed E-state index contributed by atoms with van der Waals surface area (Å²) in [6.07, 6.45) is 0.899. The first-order valence-corrected chi connectivity index (χ1v) is 8.40. The molecule has 8 heteroatoms. The number of hydrogen-bond acceptors (Lipinski definition) is 4. The summed E-state index contributed by atoms with van der Waals surface area (Å²) in [4.78, 5) is 11.2. The van der Waals surface area contributed by atoms with Gasteiger partial charge in [0.05, 0.1) is 5.69 Å². The van der Waals surface area contributed by atoms with Crippen molar-refractivity contribution in [1.29, 1.82) is 0 Å². The van der Waals surface area contributed by atoms with E-state index < -0.39 is 10.0 Å². The van der Waals surface area contributed by atoms with Gasteiger partial charge >= 0.3 is 0 Å². The molecule has 1 aliphatic rings. The molecule has 1 heterocycles. The van der Waals surface area contributed by atoms with Crippen LogP contribution >= 0.6 is 15.9 Å². The van der Waals surface area contributed by atoms with E-state index in [-0.39, 0.29) is 35.5 Å². The zero-order valence-corrected chi connectivity index (χ0v) is 13.2. The summed E-state index contributed by atoms with van der Waals surface area (Å²) < 4.78 is 27.1. The van der Waals surface area contributed by atoms with E-state index in [4.69, 9.17) is 11.5 Å². The van der Waals surface area contributed by atoms with Gasteiger partial charge in [-0.2, -0.15) is 4.31 Å². The number of nitrogens with two attached hydrogens (primary N) is 2. The topological polar surface area (TPSA) is 106 Å². The summed E-state index contributed by atoms with van der Waals surface area (Å²) >= 11 is 3.24. The maximum Gasteiger partial charge on any atom is 0.245 e. The minimum atomic E-state index is -3.62. The number of hydrogen-bond donors (Lipinski definition) is 2. The number of amides is 1. The number of benzene rings is 1. The van der Waals surface area contributed by atoms with E-state index in [9.17, 15) is 13.2 Å². The molecule has 1 amide bonds. The number of nitrogen functional groups attached to an aromatic ring is 1. The molecule has 0 radical (unpaired) electrons. The molecular weight excluding hydrogens is 346 g/mol. The summed E-state index contributed by atoms with van der Waals surface area (Å²) in [5.41, 5.74) is 11.2. The fourth-order valence-corrected chi connectivity index (χ4v) is 4.22. The second kappa shape index (κ2) is 5.71. The molecule has 0 aliphatic carbocycles. The summed E-state index contributed by atoms with van der Waals surface area (Å²) in [5.74, 6) is -0.617. The van der Waals surface area contributed by atoms with Gasteiger partial charge in [-0.05, 0) is 31.0 Å². The molecule has 4 N–H and O–H groups in total. The number of rotatable bonds is 3. The number of carbonyl (C=O) groups excluding carboxylic acids is 1. The molecule has 0 atom stereocenters. The minimum absolute atomic E-state index is 0.0956. The Balaban J connectivity index is 2.22. The van der Waals surface area contributed by atoms with E-state index >= 15 is 0 Å². The Labute approximate surface area is 126 Å². The smallest absolute Gasteiger partial charge is 0.245 e. The van der Waals surface area contributed by atoms with Gasteiger partial charge in [0.15, 0.2) is 0 Å². The van der Waals surface area contributed by atoms with Crippen LogP contribution in [0.25, 0.3) is 0 Å². The van der Waals surface area contributed by atoms with Gasteiger partial charge in [-0.25, -0.2) is 8.42 Å². The maximum atomic E-state index is 12.5. The van der Waals surface area contributed by atoms with Crippen molar-refractivity contribution in [3.63, 3.8) is 0 Å². The lowest BCUT2D eigenvalue weighted by Gasteiger charge is -2.30. The lowest BCUT2D eigenvalue weighted by Crippen LogP contribution is -2.41. The summed E-state index contributed by atoms with van der Waals surface area (Å²) in [7, 11) is -3.62. The molecule has 0 unspecified atom stereocenters. The number of primary amides is 1. The Bertz CT molecular complexity index is 625. The first-order chi connectivity index (χ1) is 9.32. The van der Waals surface area contributed by atoms with Crippen LogP contribution in [0.1, 0.15) is 12.8 Å². The van der Waals surface area contributed by atoms with Crippen LogP contribution in [-0.2, 0) is 14.8 Å². The van der Waals surface area contributed by atoms with Crippen LogP contribution in [0.5, 0.6) is 0 Å². The van der Waals surface area contributed by atoms with Crippen molar-refractivity contribution in [3.8, 4) is 0 Å². The average molecular weight is 362 g/mol. The fraction of sp³-hybridized carbons (Fsp3) is 0.417. The third kappa shape index (κ3) is 2.97. The predicted molar refractivity (Wildman–Crippen MR) is 79.2 cm³/mol. The molecule has 1 aromatic carbocycles. The third-order valence-electron chi connectivity index (χ3n) is 3.45. The number of nitrogens with zero attached hydrogens (tertiary/aromatic N) is 1. The molecule has 0 saturated carbocycles. The molecule has 1 saturated heterocycles. The molecule has 1 fully saturated rings. The van der Waals surface area contributed by atoms with Crippen LogP contribution < -0.4 is 11.5 Å². The fourth-order valence-electron chi connectivity index (χ4n) is 2.27. The van der Waals surface area contributed by atoms with Gasteiger partial charge < -0.3 is 11.5 Å². The number of anilines is 1. The molecule has 6 nitrogen and oxygen atoms in total. The van der Waals surface area contributed by atoms with Crippen LogP contribution in [0.4, 0.5) is 5.69 Å². The van der Waals surface area contributed by atoms with E-state index in [2.05, 4.69) is 15.9 Å². The van der Waals surface area contributed by atoms with E-state index in [0.717, 1.165) is 4.47 Å². The van der Waals surface area contributed by atoms with Gasteiger partial charge in [-0.15, -0.1) is 0 Å². The third-order valence-corrected chi connectivity index (χ3v) is 5.91. The maximum absolute atomic E-state index is 12.5. The first-order valence-electron chi connectivity index (χ1n) is 6.17. The average Bonchev–Trinajstić information content (AvgIpc) is 2.38. The van der Waals surface area contributed by atoms with Crippen molar-refractivity contribution < 1.29 is 13.2 Å². The SMILES string of the molecule is NC(=O)C1CCN(S(=O)(=O)c2ccc(Br)cc2N)CC1. The molecule has 2 rings (SSSR count). The lowest BCUT2D eigenvalue weighted by molar-refractivity contribution is -0.122. The molecule has 0 aromatic heterocycles. The first kappa shape index (κ1) is 15.3. The predicted octanol–water partition coefficient (Wildman–Crippen LogP) is 0.917. The van der Waals surface area contributed by atoms with Crippen LogP contribution in [0.3, 0.4) is 0 Å². The minimum Gasteiger partial charge on any atom is -0.398 e. The molecule has 0 bridgehead atoms. The Morgan fingerprint density at radius 3 is 2.40 bits per heavy atom. The van der Waals surface area contributed by atoms with Gasteiger partial charge in [0.1, 0.15) is 4.90 Å². The second-order valence-electron chi connectivity index (χ2n) is 4.76. The van der Waals surface area contributed by atoms with E-state index in [0.29, 0.717) is 12.8 Å². The number of halogens is 1. The molecule has 20 heavy (non-hydrogen) atoms. The standard InChI is InChI=1S/C12H16BrN3O3S/c13-9-1-2-11(10(14)7-9)20(18,19)16-5-3-8(4-6-16)12(15)17/h1-2,7-8H,3-6,14H2,(H2,15,17). The van der Waals surface area contributed by atoms with Crippen molar-refractivity contribution in [2.75, 3.05) is 18.8 Å². The van der Waals surface area contributed by atoms with Gasteiger partial charge in [0.2, 0.25) is 15.9 Å². The zero-order valence-electron chi connectivity index (χ0n) is 10.8. The lowest BCUT2D eigenvalue weighted by atomic mass is 9.98. The van der Waals surface area contributed by atoms with Gasteiger partial charge in [0.25, 0.3) is 0 Å². The number of piperidine rings is 1. The van der Waals surface area contributed by atoms with E-state index in [1.807, 2.05) is 0 Å². The quantitative estimate of drug-likeness (QED) is 0.780. The Kier molecular flexibility index (Phi) is 4.36. The van der Waals surface area contributed by atoms with Crippen LogP contribution in [-0.4, -0.2) is 31.7 Å². The van der Waals surface area contributed by atoms with E-state index in [1.54, 1.807) is 12.1 Å². The largest absolute Gasteiger partial charge is 0.398 e. The van der Waals surface area contributed by atoms with Crippen molar-refractivity contribution in [2.45, 2.75) is 17.7 Å². The highest BCUT2D eigenvalue weighted by molar-refractivity contribution is 9.10. The number of carbonyl (C=O) groups is 1. The Hall–Kier alpha value is -1.12. The van der Waals surface area contributed by atoms with Crippen molar-refractivity contribution in [1.82, 2.24) is 4.31 Å². The zero-order chi connectivity index (χ0) is 14.9. The van der Waals surface area contributed by atoms with Crippen LogP contribution in [0.2, 0.25) is 0 Å². The molecular formula is C12H16BrN3O3S. The van der Waals surface area contributed by atoms with Gasteiger partial charge in [-0.3, -0.25) is 4.79 Å². The normalized spacial score (nSPS) is 18.1. The highest BCUT2D eigenvalue weighted by Crippen LogP contribution is 2.28. The van der Waals surface area contributed by atoms with Crippen molar-refractivity contribution in [3.05, 3.63) is 22.7 Å². The highest BCUT2D eigenvalue weighted by Gasteiger charge is 2.32. The Morgan fingerprint density at radius 2 is 1.90 bits per heavy atom. The monoisotopic (exact) mass is 361 g/mol. The van der Waals surface area contributed by atoms with Crippen LogP contribution in [0.15, 0.2) is 27.6 Å². The summed E-state index contributed by atoms with van der Waals surface area (Å²) in [6, 6.07) is 4.68. The van der Waals surface area contributed by atoms with Gasteiger partial charge in [-0.1, -0.05) is 15.9 Å². The Morgan fingerprint density at radius 1 is 1.30 bits per heavy atom. The van der Waals surface area contributed by atoms with Gasteiger partial charge in [0, 0.05) is 23.5 Å². The van der Waals surface area contributed by atoms with Crippen molar-refractivity contribution in [2.24, 2.45) is 11.7 Å². The molecule has 1 aromatic rings. The number of sulfonamides is 1. The van der Waals surface area contributed by atoms with E-state index in [1.165, 1.54) is 10.4 Å². The highest BCUT2D eigenvalue weighted by atomic mass is 79.9. The van der Waals surface area contributed by atoms with Crippen LogP contribution in [0, 0.1) is 5.92 Å². The second-order valence-corrected chi connectivity index (χ2v) is 7.58. The summed E-state index contributed by atoms with van der Waals surface area (Å²) in [5, 5.41) is 0. The molecule has 1 aliphatic heterocycles. The summed E-state index contributed by atoms with van der Waals surface area (Å²) in [6.45, 7) is 0.566. The van der Waals surface area contributed by atoms with Crippen molar-refractivity contribution >= 4 is 37.5 Å². The molecule has 0 spiro atoms. The molecule has 110 valence electrons.